The van der Waals surface area contributed by atoms with Crippen LogP contribution in [0, 0.1) is 5.92 Å². The first-order valence-corrected chi connectivity index (χ1v) is 4.67. The molecule has 2 unspecified atom stereocenters. The first-order chi connectivity index (χ1) is 5.76. The van der Waals surface area contributed by atoms with Crippen LogP contribution in [0.3, 0.4) is 0 Å². The Morgan fingerprint density at radius 1 is 1.42 bits per heavy atom. The molecule has 2 atom stereocenters. The fraction of sp³-hybridized carbons (Fsp3) is 0.636. The van der Waals surface area contributed by atoms with E-state index < -0.39 is 0 Å². The van der Waals surface area contributed by atoms with Crippen LogP contribution < -0.4 is 0 Å². The van der Waals surface area contributed by atoms with Gasteiger partial charge in [-0.15, -0.1) is 13.2 Å². The summed E-state index contributed by atoms with van der Waals surface area (Å²) in [6, 6.07) is 0. The summed E-state index contributed by atoms with van der Waals surface area (Å²) in [5, 5.41) is 9.59. The summed E-state index contributed by atoms with van der Waals surface area (Å²) in [6.45, 7) is 9.48. The summed E-state index contributed by atoms with van der Waals surface area (Å²) in [5.74, 6) is 0.239. The van der Waals surface area contributed by atoms with E-state index in [-0.39, 0.29) is 12.0 Å². The second-order valence-electron chi connectivity index (χ2n) is 3.13. The number of aliphatic hydroxyl groups excluding tert-OH is 1. The highest BCUT2D eigenvalue weighted by Gasteiger charge is 2.12. The largest absolute Gasteiger partial charge is 0.392 e. The zero-order valence-corrected chi connectivity index (χ0v) is 8.00. The highest BCUT2D eigenvalue weighted by Crippen LogP contribution is 2.16. The zero-order valence-electron chi connectivity index (χ0n) is 8.00. The normalized spacial score (nSPS) is 15.2. The number of hydrogen-bond donors (Lipinski definition) is 1. The molecule has 12 heavy (non-hydrogen) atoms. The lowest BCUT2D eigenvalue weighted by atomic mass is 9.94. The van der Waals surface area contributed by atoms with Gasteiger partial charge in [-0.3, -0.25) is 0 Å². The molecule has 0 fully saturated rings. The van der Waals surface area contributed by atoms with Gasteiger partial charge in [0.15, 0.2) is 0 Å². The van der Waals surface area contributed by atoms with Crippen LogP contribution in [0.25, 0.3) is 0 Å². The molecular weight excluding hydrogens is 148 g/mol. The molecule has 0 spiro atoms. The Morgan fingerprint density at radius 3 is 2.50 bits per heavy atom. The van der Waals surface area contributed by atoms with E-state index in [0.29, 0.717) is 6.42 Å². The third-order valence-electron chi connectivity index (χ3n) is 2.10. The van der Waals surface area contributed by atoms with Crippen LogP contribution in [-0.2, 0) is 0 Å². The van der Waals surface area contributed by atoms with E-state index >= 15 is 0 Å². The quantitative estimate of drug-likeness (QED) is 0.579. The standard InChI is InChI=1S/C11H20O/c1-4-7-9-10(6-3)11(12)8-5-2/h5-6,10-12H,2-4,7-9H2,1H3. The van der Waals surface area contributed by atoms with Crippen molar-refractivity contribution < 1.29 is 5.11 Å². The van der Waals surface area contributed by atoms with Crippen molar-refractivity contribution in [2.75, 3.05) is 0 Å². The lowest BCUT2D eigenvalue weighted by molar-refractivity contribution is 0.127. The Morgan fingerprint density at radius 2 is 2.08 bits per heavy atom. The first kappa shape index (κ1) is 11.4. The molecule has 1 heteroatoms. The molecule has 70 valence electrons. The number of aliphatic hydroxyl groups is 1. The summed E-state index contributed by atoms with van der Waals surface area (Å²) in [7, 11) is 0. The molecule has 0 radical (unpaired) electrons. The van der Waals surface area contributed by atoms with Crippen molar-refractivity contribution in [3.8, 4) is 0 Å². The van der Waals surface area contributed by atoms with Gasteiger partial charge in [-0.2, -0.15) is 0 Å². The third-order valence-corrected chi connectivity index (χ3v) is 2.10. The van der Waals surface area contributed by atoms with Crippen molar-refractivity contribution >= 4 is 0 Å². The topological polar surface area (TPSA) is 20.2 Å². The predicted molar refractivity (Wildman–Crippen MR) is 54.0 cm³/mol. The maximum absolute atomic E-state index is 9.59. The Labute approximate surface area is 75.8 Å². The van der Waals surface area contributed by atoms with E-state index in [9.17, 15) is 5.11 Å². The van der Waals surface area contributed by atoms with E-state index in [0.717, 1.165) is 12.8 Å². The molecular formula is C11H20O. The van der Waals surface area contributed by atoms with E-state index in [1.165, 1.54) is 6.42 Å². The summed E-state index contributed by atoms with van der Waals surface area (Å²) in [4.78, 5) is 0. The highest BCUT2D eigenvalue weighted by atomic mass is 16.3. The van der Waals surface area contributed by atoms with Crippen molar-refractivity contribution in [1.82, 2.24) is 0 Å². The lowest BCUT2D eigenvalue weighted by Gasteiger charge is -2.17. The van der Waals surface area contributed by atoms with Gasteiger partial charge in [-0.1, -0.05) is 31.9 Å². The van der Waals surface area contributed by atoms with Gasteiger partial charge in [-0.25, -0.2) is 0 Å². The molecule has 1 nitrogen and oxygen atoms in total. The number of hydrogen-bond acceptors (Lipinski definition) is 1. The molecule has 1 N–H and O–H groups in total. The maximum atomic E-state index is 9.59. The van der Waals surface area contributed by atoms with Gasteiger partial charge in [0.2, 0.25) is 0 Å². The van der Waals surface area contributed by atoms with Crippen molar-refractivity contribution in [3.05, 3.63) is 25.3 Å². The van der Waals surface area contributed by atoms with Crippen LogP contribution in [0.15, 0.2) is 25.3 Å². The third kappa shape index (κ3) is 4.35. The van der Waals surface area contributed by atoms with Crippen molar-refractivity contribution in [3.63, 3.8) is 0 Å². The number of rotatable bonds is 7. The maximum Gasteiger partial charge on any atom is 0.0636 e. The Kier molecular flexibility index (Phi) is 6.78. The molecule has 0 aliphatic heterocycles. The second-order valence-corrected chi connectivity index (χ2v) is 3.13. The molecule has 0 heterocycles. The minimum atomic E-state index is -0.286. The van der Waals surface area contributed by atoms with E-state index in [2.05, 4.69) is 20.1 Å². The molecule has 0 aromatic heterocycles. The van der Waals surface area contributed by atoms with Crippen LogP contribution in [-0.4, -0.2) is 11.2 Å². The van der Waals surface area contributed by atoms with Gasteiger partial charge in [0.05, 0.1) is 6.10 Å². The minimum Gasteiger partial charge on any atom is -0.392 e. The van der Waals surface area contributed by atoms with Gasteiger partial charge >= 0.3 is 0 Å². The summed E-state index contributed by atoms with van der Waals surface area (Å²) < 4.78 is 0. The summed E-state index contributed by atoms with van der Waals surface area (Å²) in [6.07, 6.45) is 7.36. The van der Waals surface area contributed by atoms with Crippen LogP contribution >= 0.6 is 0 Å². The monoisotopic (exact) mass is 168 g/mol. The Hall–Kier alpha value is -0.560. The highest BCUT2D eigenvalue weighted by molar-refractivity contribution is 4.87. The predicted octanol–water partition coefficient (Wildman–Crippen LogP) is 2.92. The van der Waals surface area contributed by atoms with Gasteiger partial charge in [0.25, 0.3) is 0 Å². The van der Waals surface area contributed by atoms with Crippen LogP contribution in [0.4, 0.5) is 0 Å². The van der Waals surface area contributed by atoms with Crippen LogP contribution in [0.5, 0.6) is 0 Å². The van der Waals surface area contributed by atoms with Gasteiger partial charge in [-0.05, 0) is 12.8 Å². The molecule has 0 aliphatic carbocycles. The number of unbranched alkanes of at least 4 members (excludes halogenated alkanes) is 1. The molecule has 0 saturated heterocycles. The average Bonchev–Trinajstić information content (AvgIpc) is 2.06. The molecule has 0 saturated carbocycles. The van der Waals surface area contributed by atoms with E-state index in [1.807, 2.05) is 6.08 Å². The van der Waals surface area contributed by atoms with Crippen LogP contribution in [0.2, 0.25) is 0 Å². The SMILES string of the molecule is C=CCC(O)C(C=C)CCCC. The molecule has 0 rings (SSSR count). The fourth-order valence-corrected chi connectivity index (χ4v) is 1.25. The minimum absolute atomic E-state index is 0.239. The smallest absolute Gasteiger partial charge is 0.0636 e. The molecule has 0 aromatic carbocycles. The molecule has 0 bridgehead atoms. The Bertz CT molecular complexity index is 129. The summed E-state index contributed by atoms with van der Waals surface area (Å²) in [5.41, 5.74) is 0. The van der Waals surface area contributed by atoms with E-state index in [4.69, 9.17) is 0 Å². The fourth-order valence-electron chi connectivity index (χ4n) is 1.25. The lowest BCUT2D eigenvalue weighted by Crippen LogP contribution is -2.17. The molecule has 0 aromatic rings. The first-order valence-electron chi connectivity index (χ1n) is 4.67. The van der Waals surface area contributed by atoms with Gasteiger partial charge < -0.3 is 5.11 Å². The van der Waals surface area contributed by atoms with Gasteiger partial charge in [0, 0.05) is 5.92 Å². The van der Waals surface area contributed by atoms with Crippen molar-refractivity contribution in [2.45, 2.75) is 38.7 Å². The molecule has 0 amide bonds. The molecule has 0 aliphatic rings. The van der Waals surface area contributed by atoms with Crippen molar-refractivity contribution in [1.29, 1.82) is 0 Å². The zero-order chi connectivity index (χ0) is 9.40. The average molecular weight is 168 g/mol. The summed E-state index contributed by atoms with van der Waals surface area (Å²) >= 11 is 0. The van der Waals surface area contributed by atoms with Gasteiger partial charge in [0.1, 0.15) is 0 Å². The second kappa shape index (κ2) is 7.11. The van der Waals surface area contributed by atoms with E-state index in [1.54, 1.807) is 6.08 Å². The Balaban J connectivity index is 3.77. The van der Waals surface area contributed by atoms with Crippen molar-refractivity contribution in [2.24, 2.45) is 5.92 Å². The van der Waals surface area contributed by atoms with Crippen LogP contribution in [0.1, 0.15) is 32.6 Å².